The Morgan fingerprint density at radius 1 is 1.00 bits per heavy atom. The number of methoxy groups -OCH3 is 1. The van der Waals surface area contributed by atoms with E-state index in [1.807, 2.05) is 0 Å². The van der Waals surface area contributed by atoms with Crippen LogP contribution in [0, 0.1) is 0 Å². The van der Waals surface area contributed by atoms with Crippen LogP contribution in [-0.2, 0) is 14.3 Å². The van der Waals surface area contributed by atoms with E-state index < -0.39 is 0 Å². The lowest BCUT2D eigenvalue weighted by molar-refractivity contribution is -0.140. The van der Waals surface area contributed by atoms with Crippen LogP contribution in [-0.4, -0.2) is 25.3 Å². The van der Waals surface area contributed by atoms with Crippen molar-refractivity contribution in [3.05, 3.63) is 36.5 Å². The van der Waals surface area contributed by atoms with E-state index in [1.54, 1.807) is 0 Å². The van der Waals surface area contributed by atoms with Gasteiger partial charge in [0.15, 0.2) is 0 Å². The third kappa shape index (κ3) is 10.4. The van der Waals surface area contributed by atoms with E-state index in [-0.39, 0.29) is 11.6 Å². The molecule has 3 nitrogen and oxygen atoms in total. The molecule has 0 bridgehead atoms. The lowest BCUT2D eigenvalue weighted by Crippen LogP contribution is -2.07. The van der Waals surface area contributed by atoms with Crippen LogP contribution in [0.15, 0.2) is 36.5 Å². The van der Waals surface area contributed by atoms with Gasteiger partial charge in [0.2, 0.25) is 0 Å². The largest absolute Gasteiger partial charge is 0.469 e. The van der Waals surface area contributed by atoms with Gasteiger partial charge in [0.1, 0.15) is 0 Å². The van der Waals surface area contributed by atoms with Crippen molar-refractivity contribution in [3.8, 4) is 0 Å². The lowest BCUT2D eigenvalue weighted by atomic mass is 10.0. The van der Waals surface area contributed by atoms with Crippen LogP contribution in [0.2, 0.25) is 0 Å². The van der Waals surface area contributed by atoms with E-state index in [9.17, 15) is 4.79 Å². The molecule has 0 N–H and O–H groups in total. The summed E-state index contributed by atoms with van der Waals surface area (Å²) < 4.78 is 10.3. The summed E-state index contributed by atoms with van der Waals surface area (Å²) in [4.78, 5) is 11.0. The average Bonchev–Trinajstić information content (AvgIpc) is 3.36. The first-order valence-corrected chi connectivity index (χ1v) is 9.38. The molecule has 1 aliphatic heterocycles. The number of carbonyl (C=O) groups is 1. The first kappa shape index (κ1) is 20.7. The van der Waals surface area contributed by atoms with Crippen molar-refractivity contribution >= 4 is 5.97 Å². The molecule has 1 heterocycles. The predicted molar refractivity (Wildman–Crippen MR) is 100.0 cm³/mol. The Morgan fingerprint density at radius 3 is 2.29 bits per heavy atom. The highest BCUT2D eigenvalue weighted by atomic mass is 16.6. The standard InChI is InChI=1S/C21H34O3/c1-3-4-5-6-11-14-17-21(19-24-21)18-15-12-9-7-8-10-13-16-20(22)23-2/h7-8,11-12,14-15H,3-6,9-10,13,16-19H2,1-2H3/b8-7-,14-11-,15-12-. The fourth-order valence-electron chi connectivity index (χ4n) is 2.50. The number of allylic oxidation sites excluding steroid dienone is 4. The van der Waals surface area contributed by atoms with Crippen LogP contribution in [0.3, 0.4) is 0 Å². The van der Waals surface area contributed by atoms with Crippen molar-refractivity contribution in [2.24, 2.45) is 0 Å². The summed E-state index contributed by atoms with van der Waals surface area (Å²) in [5.41, 5.74) is 0.0853. The lowest BCUT2D eigenvalue weighted by Gasteiger charge is -2.04. The number of rotatable bonds is 14. The van der Waals surface area contributed by atoms with E-state index in [1.165, 1.54) is 32.8 Å². The summed E-state index contributed by atoms with van der Waals surface area (Å²) in [6.45, 7) is 3.13. The molecule has 0 aliphatic carbocycles. The van der Waals surface area contributed by atoms with Gasteiger partial charge in [0.05, 0.1) is 19.3 Å². The molecule has 0 aromatic rings. The molecular weight excluding hydrogens is 300 g/mol. The van der Waals surface area contributed by atoms with Gasteiger partial charge in [-0.25, -0.2) is 0 Å². The maximum atomic E-state index is 11.0. The second-order valence-electron chi connectivity index (χ2n) is 6.49. The topological polar surface area (TPSA) is 38.8 Å². The fourth-order valence-corrected chi connectivity index (χ4v) is 2.50. The Labute approximate surface area is 147 Å². The molecule has 0 saturated carbocycles. The molecule has 1 saturated heterocycles. The molecule has 0 radical (unpaired) electrons. The number of hydrogen-bond acceptors (Lipinski definition) is 3. The van der Waals surface area contributed by atoms with Crippen LogP contribution >= 0.6 is 0 Å². The van der Waals surface area contributed by atoms with E-state index in [4.69, 9.17) is 4.74 Å². The highest BCUT2D eigenvalue weighted by molar-refractivity contribution is 5.69. The van der Waals surface area contributed by atoms with Gasteiger partial charge in [-0.2, -0.15) is 0 Å². The van der Waals surface area contributed by atoms with Crippen LogP contribution in [0.4, 0.5) is 0 Å². The van der Waals surface area contributed by atoms with Gasteiger partial charge in [0.25, 0.3) is 0 Å². The Bertz CT molecular complexity index is 417. The summed E-state index contributed by atoms with van der Waals surface area (Å²) in [6.07, 6.45) is 23.7. The Balaban J connectivity index is 2.04. The number of epoxide rings is 1. The van der Waals surface area contributed by atoms with Crippen molar-refractivity contribution in [1.82, 2.24) is 0 Å². The van der Waals surface area contributed by atoms with Crippen molar-refractivity contribution in [3.63, 3.8) is 0 Å². The smallest absolute Gasteiger partial charge is 0.305 e. The van der Waals surface area contributed by atoms with Gasteiger partial charge >= 0.3 is 5.97 Å². The van der Waals surface area contributed by atoms with Gasteiger partial charge in [-0.05, 0) is 44.9 Å². The van der Waals surface area contributed by atoms with Crippen LogP contribution in [0.5, 0.6) is 0 Å². The fraction of sp³-hybridized carbons (Fsp3) is 0.667. The Hall–Kier alpha value is -1.35. The minimum absolute atomic E-state index is 0.0853. The maximum Gasteiger partial charge on any atom is 0.305 e. The summed E-state index contributed by atoms with van der Waals surface area (Å²) in [5.74, 6) is -0.127. The van der Waals surface area contributed by atoms with Crippen molar-refractivity contribution in [2.75, 3.05) is 13.7 Å². The van der Waals surface area contributed by atoms with Crippen LogP contribution in [0.25, 0.3) is 0 Å². The van der Waals surface area contributed by atoms with Crippen molar-refractivity contribution in [2.45, 2.75) is 76.7 Å². The third-order valence-corrected chi connectivity index (χ3v) is 4.26. The zero-order chi connectivity index (χ0) is 17.5. The molecule has 0 aromatic heterocycles. The minimum Gasteiger partial charge on any atom is -0.469 e. The zero-order valence-corrected chi connectivity index (χ0v) is 15.5. The molecule has 0 spiro atoms. The molecule has 1 rings (SSSR count). The molecular formula is C21H34O3. The molecule has 0 aromatic carbocycles. The van der Waals surface area contributed by atoms with E-state index in [2.05, 4.69) is 48.1 Å². The average molecular weight is 335 g/mol. The first-order chi connectivity index (χ1) is 11.7. The Morgan fingerprint density at radius 2 is 1.62 bits per heavy atom. The van der Waals surface area contributed by atoms with Crippen LogP contribution in [0.1, 0.15) is 71.1 Å². The first-order valence-electron chi connectivity index (χ1n) is 9.38. The van der Waals surface area contributed by atoms with Gasteiger partial charge in [-0.1, -0.05) is 56.2 Å². The second-order valence-corrected chi connectivity index (χ2v) is 6.49. The highest BCUT2D eigenvalue weighted by Gasteiger charge is 2.41. The molecule has 24 heavy (non-hydrogen) atoms. The monoisotopic (exact) mass is 334 g/mol. The molecule has 1 aliphatic rings. The van der Waals surface area contributed by atoms with E-state index in [0.29, 0.717) is 6.42 Å². The number of esters is 1. The minimum atomic E-state index is -0.127. The second kappa shape index (κ2) is 13.0. The summed E-state index contributed by atoms with van der Waals surface area (Å²) >= 11 is 0. The summed E-state index contributed by atoms with van der Waals surface area (Å²) in [6, 6.07) is 0. The van der Waals surface area contributed by atoms with E-state index in [0.717, 1.165) is 38.7 Å². The zero-order valence-electron chi connectivity index (χ0n) is 15.5. The van der Waals surface area contributed by atoms with E-state index >= 15 is 0 Å². The number of hydrogen-bond donors (Lipinski definition) is 0. The molecule has 1 fully saturated rings. The molecule has 136 valence electrons. The SMILES string of the molecule is CCCCC/C=C\CC1(C/C=C\C/C=C\CCCC(=O)OC)CO1. The van der Waals surface area contributed by atoms with Gasteiger partial charge in [-0.3, -0.25) is 4.79 Å². The highest BCUT2D eigenvalue weighted by Crippen LogP contribution is 2.35. The van der Waals surface area contributed by atoms with Crippen molar-refractivity contribution in [1.29, 1.82) is 0 Å². The van der Waals surface area contributed by atoms with Gasteiger partial charge in [-0.15, -0.1) is 0 Å². The summed E-state index contributed by atoms with van der Waals surface area (Å²) in [7, 11) is 1.43. The van der Waals surface area contributed by atoms with Gasteiger partial charge < -0.3 is 9.47 Å². The molecule has 0 amide bonds. The maximum absolute atomic E-state index is 11.0. The molecule has 1 unspecified atom stereocenters. The summed E-state index contributed by atoms with van der Waals surface area (Å²) in [5, 5.41) is 0. The number of unbranched alkanes of at least 4 members (excludes halogenated alkanes) is 4. The number of carbonyl (C=O) groups excluding carboxylic acids is 1. The Kier molecular flexibility index (Phi) is 11.2. The normalized spacial score (nSPS) is 20.4. The quantitative estimate of drug-likeness (QED) is 0.182. The molecule has 3 heteroatoms. The van der Waals surface area contributed by atoms with Crippen molar-refractivity contribution < 1.29 is 14.3 Å². The third-order valence-electron chi connectivity index (χ3n) is 4.26. The predicted octanol–water partition coefficient (Wildman–Crippen LogP) is 5.52. The van der Waals surface area contributed by atoms with Gasteiger partial charge in [0, 0.05) is 6.42 Å². The molecule has 1 atom stereocenters. The number of ether oxygens (including phenoxy) is 2. The van der Waals surface area contributed by atoms with Crippen LogP contribution < -0.4 is 0 Å².